The molecular formula is C11H23NO. The van der Waals surface area contributed by atoms with Crippen LogP contribution in [0.3, 0.4) is 0 Å². The van der Waals surface area contributed by atoms with E-state index in [9.17, 15) is 4.79 Å². The second-order valence-electron chi connectivity index (χ2n) is 2.89. The molecule has 0 atom stereocenters. The summed E-state index contributed by atoms with van der Waals surface area (Å²) in [4.78, 5) is 12.5. The molecule has 0 N–H and O–H groups in total. The maximum atomic E-state index is 10.3. The predicted molar refractivity (Wildman–Crippen MR) is 59.0 cm³/mol. The smallest absolute Gasteiger partial charge is 0.145 e. The van der Waals surface area contributed by atoms with Crippen molar-refractivity contribution in [2.45, 2.75) is 33.6 Å². The molecule has 0 spiro atoms. The van der Waals surface area contributed by atoms with Crippen LogP contribution in [-0.4, -0.2) is 31.8 Å². The summed E-state index contributed by atoms with van der Waals surface area (Å²) in [6, 6.07) is 0. The molecule has 0 saturated heterocycles. The van der Waals surface area contributed by atoms with Gasteiger partial charge in [-0.15, -0.1) is 0 Å². The molecule has 0 amide bonds. The van der Waals surface area contributed by atoms with Crippen molar-refractivity contribution in [3.8, 4) is 0 Å². The van der Waals surface area contributed by atoms with Crippen LogP contribution in [0.4, 0.5) is 0 Å². The van der Waals surface area contributed by atoms with E-state index in [0.717, 1.165) is 31.2 Å². The summed E-state index contributed by atoms with van der Waals surface area (Å²) in [5, 5.41) is 0. The molecule has 13 heavy (non-hydrogen) atoms. The van der Waals surface area contributed by atoms with Crippen molar-refractivity contribution in [1.29, 1.82) is 0 Å². The van der Waals surface area contributed by atoms with E-state index in [1.807, 2.05) is 40.9 Å². The first-order valence-electron chi connectivity index (χ1n) is 4.95. The molecule has 0 bridgehead atoms. The van der Waals surface area contributed by atoms with Crippen LogP contribution in [0.25, 0.3) is 0 Å². The SMILES string of the molecule is C/C=C(/C=O)CCCN(C)C.CC. The number of carbonyl (C=O) groups excluding carboxylic acids is 1. The molecule has 0 heterocycles. The third kappa shape index (κ3) is 11.4. The van der Waals surface area contributed by atoms with Gasteiger partial charge in [-0.3, -0.25) is 4.79 Å². The molecule has 2 heteroatoms. The monoisotopic (exact) mass is 185 g/mol. The maximum absolute atomic E-state index is 10.3. The summed E-state index contributed by atoms with van der Waals surface area (Å²) in [5.74, 6) is 0. The Morgan fingerprint density at radius 3 is 2.15 bits per heavy atom. The van der Waals surface area contributed by atoms with Crippen molar-refractivity contribution in [2.75, 3.05) is 20.6 Å². The Morgan fingerprint density at radius 2 is 1.85 bits per heavy atom. The number of hydrogen-bond donors (Lipinski definition) is 0. The van der Waals surface area contributed by atoms with Crippen molar-refractivity contribution < 1.29 is 4.79 Å². The van der Waals surface area contributed by atoms with E-state index in [2.05, 4.69) is 4.90 Å². The highest BCUT2D eigenvalue weighted by molar-refractivity contribution is 5.72. The van der Waals surface area contributed by atoms with Gasteiger partial charge in [-0.25, -0.2) is 0 Å². The van der Waals surface area contributed by atoms with Crippen LogP contribution in [0, 0.1) is 0 Å². The third-order valence-electron chi connectivity index (χ3n) is 1.59. The highest BCUT2D eigenvalue weighted by Gasteiger charge is 1.94. The molecule has 0 fully saturated rings. The van der Waals surface area contributed by atoms with Crippen molar-refractivity contribution >= 4 is 6.29 Å². The highest BCUT2D eigenvalue weighted by atomic mass is 16.1. The minimum Gasteiger partial charge on any atom is -0.309 e. The average molecular weight is 185 g/mol. The van der Waals surface area contributed by atoms with Gasteiger partial charge in [-0.05, 0) is 46.0 Å². The van der Waals surface area contributed by atoms with Gasteiger partial charge < -0.3 is 4.90 Å². The van der Waals surface area contributed by atoms with Gasteiger partial charge in [0.15, 0.2) is 0 Å². The summed E-state index contributed by atoms with van der Waals surface area (Å²) < 4.78 is 0. The van der Waals surface area contributed by atoms with Gasteiger partial charge >= 0.3 is 0 Å². The maximum Gasteiger partial charge on any atom is 0.145 e. The van der Waals surface area contributed by atoms with Crippen molar-refractivity contribution in [3.63, 3.8) is 0 Å². The summed E-state index contributed by atoms with van der Waals surface area (Å²) in [6.45, 7) is 6.95. The van der Waals surface area contributed by atoms with Crippen LogP contribution >= 0.6 is 0 Å². The fraction of sp³-hybridized carbons (Fsp3) is 0.727. The fourth-order valence-electron chi connectivity index (χ4n) is 0.871. The van der Waals surface area contributed by atoms with Crippen LogP contribution in [0.15, 0.2) is 11.6 Å². The molecule has 78 valence electrons. The normalized spacial score (nSPS) is 10.8. The minimum atomic E-state index is 0.901. The van der Waals surface area contributed by atoms with Crippen LogP contribution in [0.1, 0.15) is 33.6 Å². The second kappa shape index (κ2) is 11.4. The highest BCUT2D eigenvalue weighted by Crippen LogP contribution is 2.01. The van der Waals surface area contributed by atoms with E-state index < -0.39 is 0 Å². The molecule has 0 aromatic rings. The molecule has 0 aliphatic heterocycles. The van der Waals surface area contributed by atoms with E-state index in [1.165, 1.54) is 0 Å². The second-order valence-corrected chi connectivity index (χ2v) is 2.89. The van der Waals surface area contributed by atoms with Crippen LogP contribution in [0.2, 0.25) is 0 Å². The molecular weight excluding hydrogens is 162 g/mol. The Bertz CT molecular complexity index is 139. The van der Waals surface area contributed by atoms with E-state index >= 15 is 0 Å². The quantitative estimate of drug-likeness (QED) is 0.484. The average Bonchev–Trinajstić information content (AvgIpc) is 2.15. The lowest BCUT2D eigenvalue weighted by molar-refractivity contribution is -0.105. The fourth-order valence-corrected chi connectivity index (χ4v) is 0.871. The van der Waals surface area contributed by atoms with Gasteiger partial charge in [0.25, 0.3) is 0 Å². The predicted octanol–water partition coefficient (Wildman–Crippen LogP) is 2.50. The topological polar surface area (TPSA) is 20.3 Å². The summed E-state index contributed by atoms with van der Waals surface area (Å²) >= 11 is 0. The number of nitrogens with zero attached hydrogens (tertiary/aromatic N) is 1. The van der Waals surface area contributed by atoms with E-state index in [1.54, 1.807) is 0 Å². The van der Waals surface area contributed by atoms with Gasteiger partial charge in [0, 0.05) is 0 Å². The number of aldehydes is 1. The lowest BCUT2D eigenvalue weighted by Crippen LogP contribution is -2.12. The van der Waals surface area contributed by atoms with Crippen LogP contribution in [-0.2, 0) is 4.79 Å². The Kier molecular flexibility index (Phi) is 13.0. The largest absolute Gasteiger partial charge is 0.309 e. The molecule has 0 rings (SSSR count). The Morgan fingerprint density at radius 1 is 1.31 bits per heavy atom. The summed E-state index contributed by atoms with van der Waals surface area (Å²) in [7, 11) is 4.08. The molecule has 0 aliphatic carbocycles. The van der Waals surface area contributed by atoms with Crippen molar-refractivity contribution in [1.82, 2.24) is 4.90 Å². The molecule has 0 saturated carbocycles. The first-order chi connectivity index (χ1) is 6.20. The summed E-state index contributed by atoms with van der Waals surface area (Å²) in [5.41, 5.74) is 0.909. The first-order valence-corrected chi connectivity index (χ1v) is 4.95. The summed E-state index contributed by atoms with van der Waals surface area (Å²) in [6.07, 6.45) is 4.78. The Balaban J connectivity index is 0. The van der Waals surface area contributed by atoms with Gasteiger partial charge in [0.05, 0.1) is 0 Å². The van der Waals surface area contributed by atoms with Gasteiger partial charge in [-0.1, -0.05) is 19.9 Å². The molecule has 2 nitrogen and oxygen atoms in total. The van der Waals surface area contributed by atoms with Crippen LogP contribution < -0.4 is 0 Å². The molecule has 0 aliphatic rings. The molecule has 0 aromatic heterocycles. The van der Waals surface area contributed by atoms with Crippen molar-refractivity contribution in [2.24, 2.45) is 0 Å². The Labute approximate surface area is 82.6 Å². The molecule has 0 unspecified atom stereocenters. The Hall–Kier alpha value is -0.630. The number of allylic oxidation sites excluding steroid dienone is 2. The molecule has 0 radical (unpaired) electrons. The van der Waals surface area contributed by atoms with Gasteiger partial charge in [0.2, 0.25) is 0 Å². The first kappa shape index (κ1) is 14.9. The number of rotatable bonds is 5. The van der Waals surface area contributed by atoms with Gasteiger partial charge in [0.1, 0.15) is 6.29 Å². The molecule has 0 aromatic carbocycles. The van der Waals surface area contributed by atoms with E-state index in [4.69, 9.17) is 0 Å². The lowest BCUT2D eigenvalue weighted by atomic mass is 10.1. The standard InChI is InChI=1S/C9H17NO.C2H6/c1-4-9(8-11)6-5-7-10(2)3;1-2/h4,8H,5-7H2,1-3H3;1-2H3/b9-4+;. The van der Waals surface area contributed by atoms with E-state index in [0.29, 0.717) is 0 Å². The lowest BCUT2D eigenvalue weighted by Gasteiger charge is -2.07. The number of hydrogen-bond acceptors (Lipinski definition) is 2. The van der Waals surface area contributed by atoms with Crippen molar-refractivity contribution in [3.05, 3.63) is 11.6 Å². The third-order valence-corrected chi connectivity index (χ3v) is 1.59. The van der Waals surface area contributed by atoms with Gasteiger partial charge in [-0.2, -0.15) is 0 Å². The van der Waals surface area contributed by atoms with E-state index in [-0.39, 0.29) is 0 Å². The number of carbonyl (C=O) groups is 1. The minimum absolute atomic E-state index is 0.901. The zero-order chi connectivity index (χ0) is 10.7. The zero-order valence-corrected chi connectivity index (χ0v) is 9.63. The zero-order valence-electron chi connectivity index (χ0n) is 9.63. The van der Waals surface area contributed by atoms with Crippen LogP contribution in [0.5, 0.6) is 0 Å².